The Bertz CT molecular complexity index is 755. The first-order valence-electron chi connectivity index (χ1n) is 7.97. The first-order valence-corrected chi connectivity index (χ1v) is 8.35. The zero-order valence-corrected chi connectivity index (χ0v) is 15.2. The molecule has 2 aromatic carbocycles. The Morgan fingerprint density at radius 1 is 0.885 bits per heavy atom. The van der Waals surface area contributed by atoms with Gasteiger partial charge in [0.05, 0.1) is 14.2 Å². The van der Waals surface area contributed by atoms with Gasteiger partial charge in [0.25, 0.3) is 0 Å². The molecule has 0 aliphatic heterocycles. The summed E-state index contributed by atoms with van der Waals surface area (Å²) in [6, 6.07) is 15.3. The predicted octanol–water partition coefficient (Wildman–Crippen LogP) is 3.66. The molecule has 26 heavy (non-hydrogen) atoms. The van der Waals surface area contributed by atoms with Gasteiger partial charge in [-0.1, -0.05) is 41.9 Å². The molecule has 0 fully saturated rings. The molecule has 0 aliphatic carbocycles. The van der Waals surface area contributed by atoms with Crippen molar-refractivity contribution in [3.8, 4) is 0 Å². The maximum absolute atomic E-state index is 12.7. The molecule has 1 unspecified atom stereocenters. The van der Waals surface area contributed by atoms with Gasteiger partial charge in [0, 0.05) is 22.9 Å². The average Bonchev–Trinajstić information content (AvgIpc) is 2.68. The van der Waals surface area contributed by atoms with Crippen molar-refractivity contribution in [2.75, 3.05) is 14.2 Å². The van der Waals surface area contributed by atoms with E-state index in [-0.39, 0.29) is 12.2 Å². The second-order valence-electron chi connectivity index (χ2n) is 5.68. The van der Waals surface area contributed by atoms with Gasteiger partial charge < -0.3 is 9.47 Å². The number of hydrogen-bond acceptors (Lipinski definition) is 5. The Labute approximate surface area is 156 Å². The lowest BCUT2D eigenvalue weighted by Crippen LogP contribution is -2.33. The Morgan fingerprint density at radius 2 is 1.42 bits per heavy atom. The third-order valence-corrected chi connectivity index (χ3v) is 4.36. The van der Waals surface area contributed by atoms with Gasteiger partial charge in [0.15, 0.2) is 11.7 Å². The van der Waals surface area contributed by atoms with Crippen molar-refractivity contribution in [3.63, 3.8) is 0 Å². The smallest absolute Gasteiger partial charge is 0.320 e. The van der Waals surface area contributed by atoms with Crippen molar-refractivity contribution in [1.82, 2.24) is 0 Å². The molecule has 0 saturated carbocycles. The van der Waals surface area contributed by atoms with Gasteiger partial charge in [-0.15, -0.1) is 0 Å². The van der Waals surface area contributed by atoms with Crippen LogP contribution in [0.1, 0.15) is 28.3 Å². The summed E-state index contributed by atoms with van der Waals surface area (Å²) in [7, 11) is 2.39. The van der Waals surface area contributed by atoms with E-state index in [0.717, 1.165) is 0 Å². The Kier molecular flexibility index (Phi) is 6.92. The molecule has 0 bridgehead atoms. The number of carbonyl (C=O) groups is 3. The van der Waals surface area contributed by atoms with Gasteiger partial charge in [-0.3, -0.25) is 14.4 Å². The van der Waals surface area contributed by atoms with Crippen LogP contribution in [0.2, 0.25) is 5.02 Å². The van der Waals surface area contributed by atoms with E-state index in [9.17, 15) is 14.4 Å². The average molecular weight is 375 g/mol. The first-order chi connectivity index (χ1) is 12.5. The maximum atomic E-state index is 12.7. The van der Waals surface area contributed by atoms with Gasteiger partial charge in [-0.2, -0.15) is 0 Å². The van der Waals surface area contributed by atoms with E-state index in [1.165, 1.54) is 14.2 Å². The first kappa shape index (κ1) is 19.7. The van der Waals surface area contributed by atoms with Crippen molar-refractivity contribution in [2.45, 2.75) is 12.3 Å². The van der Waals surface area contributed by atoms with Crippen molar-refractivity contribution in [3.05, 3.63) is 70.7 Å². The lowest BCUT2D eigenvalue weighted by Gasteiger charge is -2.23. The van der Waals surface area contributed by atoms with E-state index in [0.29, 0.717) is 16.1 Å². The molecule has 136 valence electrons. The monoisotopic (exact) mass is 374 g/mol. The number of benzene rings is 2. The number of rotatable bonds is 7. The van der Waals surface area contributed by atoms with Crippen LogP contribution in [0.15, 0.2) is 54.6 Å². The number of methoxy groups -OCH3 is 2. The molecule has 6 heteroatoms. The van der Waals surface area contributed by atoms with Crippen LogP contribution in [0, 0.1) is 5.92 Å². The van der Waals surface area contributed by atoms with Crippen LogP contribution in [0.25, 0.3) is 0 Å². The zero-order valence-electron chi connectivity index (χ0n) is 14.5. The molecule has 1 atom stereocenters. The minimum Gasteiger partial charge on any atom is -0.468 e. The lowest BCUT2D eigenvalue weighted by atomic mass is 9.81. The second-order valence-corrected chi connectivity index (χ2v) is 6.11. The van der Waals surface area contributed by atoms with Crippen LogP contribution >= 0.6 is 11.6 Å². The highest BCUT2D eigenvalue weighted by molar-refractivity contribution is 6.30. The van der Waals surface area contributed by atoms with E-state index in [4.69, 9.17) is 21.1 Å². The molecule has 0 aliphatic rings. The quantitative estimate of drug-likeness (QED) is 0.420. The number of ether oxygens (including phenoxy) is 2. The van der Waals surface area contributed by atoms with Crippen molar-refractivity contribution < 1.29 is 23.9 Å². The molecule has 0 amide bonds. The van der Waals surface area contributed by atoms with Gasteiger partial charge >= 0.3 is 11.9 Å². The summed E-state index contributed by atoms with van der Waals surface area (Å²) in [5, 5.41) is 0.517. The van der Waals surface area contributed by atoms with Gasteiger partial charge in [0.1, 0.15) is 0 Å². The molecule has 2 rings (SSSR count). The summed E-state index contributed by atoms with van der Waals surface area (Å²) in [5.41, 5.74) is 1.12. The van der Waals surface area contributed by atoms with Crippen molar-refractivity contribution in [1.29, 1.82) is 0 Å². The standard InChI is InChI=1S/C20H19ClO5/c1-25-19(23)18(20(24)26-2)16(13-6-4-3-5-7-13)12-17(22)14-8-10-15(21)11-9-14/h3-11,16,18H,12H2,1-2H3. The minimum atomic E-state index is -1.23. The number of halogens is 1. The van der Waals surface area contributed by atoms with Crippen LogP contribution in [0.3, 0.4) is 0 Å². The zero-order chi connectivity index (χ0) is 19.1. The van der Waals surface area contributed by atoms with Crippen LogP contribution in [0.4, 0.5) is 0 Å². The number of Topliss-reactive ketones (excluding diaryl/α,β-unsaturated/α-hetero) is 1. The second kappa shape index (κ2) is 9.15. The number of hydrogen-bond donors (Lipinski definition) is 0. The predicted molar refractivity (Wildman–Crippen MR) is 97.1 cm³/mol. The fourth-order valence-electron chi connectivity index (χ4n) is 2.76. The fourth-order valence-corrected chi connectivity index (χ4v) is 2.89. The largest absolute Gasteiger partial charge is 0.468 e. The molecule has 0 spiro atoms. The van der Waals surface area contributed by atoms with Gasteiger partial charge in [-0.05, 0) is 29.8 Å². The molecule has 0 radical (unpaired) electrons. The van der Waals surface area contributed by atoms with E-state index >= 15 is 0 Å². The van der Waals surface area contributed by atoms with Crippen LogP contribution in [-0.4, -0.2) is 31.9 Å². The normalized spacial score (nSPS) is 11.7. The summed E-state index contributed by atoms with van der Waals surface area (Å²) >= 11 is 5.86. The molecular weight excluding hydrogens is 356 g/mol. The number of esters is 2. The summed E-state index contributed by atoms with van der Waals surface area (Å²) in [6.45, 7) is 0. The maximum Gasteiger partial charge on any atom is 0.320 e. The third kappa shape index (κ3) is 4.70. The minimum absolute atomic E-state index is 0.0550. The van der Waals surface area contributed by atoms with Crippen molar-refractivity contribution in [2.24, 2.45) is 5.92 Å². The van der Waals surface area contributed by atoms with Gasteiger partial charge in [-0.25, -0.2) is 0 Å². The Hall–Kier alpha value is -2.66. The summed E-state index contributed by atoms with van der Waals surface area (Å²) in [4.78, 5) is 37.2. The number of carbonyl (C=O) groups excluding carboxylic acids is 3. The van der Waals surface area contributed by atoms with Crippen LogP contribution in [-0.2, 0) is 19.1 Å². The molecule has 0 heterocycles. The molecule has 5 nitrogen and oxygen atoms in total. The summed E-state index contributed by atoms with van der Waals surface area (Å²) in [5.74, 6) is -3.64. The van der Waals surface area contributed by atoms with E-state index in [1.807, 2.05) is 6.07 Å². The molecule has 0 N–H and O–H groups in total. The fraction of sp³-hybridized carbons (Fsp3) is 0.250. The highest BCUT2D eigenvalue weighted by Gasteiger charge is 2.39. The molecule has 0 aromatic heterocycles. The highest BCUT2D eigenvalue weighted by Crippen LogP contribution is 2.32. The Morgan fingerprint density at radius 3 is 1.92 bits per heavy atom. The SMILES string of the molecule is COC(=O)C(C(=O)OC)C(CC(=O)c1ccc(Cl)cc1)c1ccccc1. The lowest BCUT2D eigenvalue weighted by molar-refractivity contribution is -0.159. The highest BCUT2D eigenvalue weighted by atomic mass is 35.5. The molecule has 0 saturated heterocycles. The molecule has 2 aromatic rings. The van der Waals surface area contributed by atoms with E-state index in [2.05, 4.69) is 0 Å². The third-order valence-electron chi connectivity index (χ3n) is 4.11. The van der Waals surface area contributed by atoms with Gasteiger partial charge in [0.2, 0.25) is 0 Å². The van der Waals surface area contributed by atoms with Crippen LogP contribution in [0.5, 0.6) is 0 Å². The van der Waals surface area contributed by atoms with E-state index in [1.54, 1.807) is 48.5 Å². The van der Waals surface area contributed by atoms with E-state index < -0.39 is 23.8 Å². The summed E-state index contributed by atoms with van der Waals surface area (Å²) in [6.07, 6.45) is -0.0550. The topological polar surface area (TPSA) is 69.7 Å². The van der Waals surface area contributed by atoms with Crippen molar-refractivity contribution >= 4 is 29.3 Å². The summed E-state index contributed by atoms with van der Waals surface area (Å²) < 4.78 is 9.54. The molecular formula is C20H19ClO5. The number of ketones is 1. The Balaban J connectivity index is 2.40. The van der Waals surface area contributed by atoms with Crippen LogP contribution < -0.4 is 0 Å².